The predicted molar refractivity (Wildman–Crippen MR) is 167 cm³/mol. The van der Waals surface area contributed by atoms with Crippen molar-refractivity contribution in [2.24, 2.45) is 0 Å². The minimum atomic E-state index is 0.860. The van der Waals surface area contributed by atoms with Crippen molar-refractivity contribution in [1.82, 2.24) is 0 Å². The van der Waals surface area contributed by atoms with E-state index in [0.29, 0.717) is 0 Å². The quantitative estimate of drug-likeness (QED) is 0.220. The van der Waals surface area contributed by atoms with E-state index in [1.165, 1.54) is 22.3 Å². The molecule has 0 N–H and O–H groups in total. The predicted octanol–water partition coefficient (Wildman–Crippen LogP) is 10.9. The van der Waals surface area contributed by atoms with E-state index in [0.717, 1.165) is 39.4 Å². The normalized spacial score (nSPS) is 11.0. The van der Waals surface area contributed by atoms with Crippen LogP contribution >= 0.6 is 0 Å². The number of furan rings is 1. The van der Waals surface area contributed by atoms with Crippen LogP contribution in [0.25, 0.3) is 44.5 Å². The molecule has 190 valence electrons. The standard InChI is InChI=1S/C38H27NO/c1-3-12-28(13-4-1)30-17-9-20-34(24-30)39(35-21-10-18-31(25-35)29-14-5-2-6-15-29)36-22-11-19-32(26-36)38-27-33-16-7-8-23-37(33)40-38/h1-27H. The third kappa shape index (κ3) is 4.68. The fourth-order valence-electron chi connectivity index (χ4n) is 5.28. The van der Waals surface area contributed by atoms with Crippen LogP contribution in [0.5, 0.6) is 0 Å². The van der Waals surface area contributed by atoms with Gasteiger partial charge in [-0.25, -0.2) is 0 Å². The highest BCUT2D eigenvalue weighted by molar-refractivity contribution is 5.86. The molecule has 0 bridgehead atoms. The zero-order valence-corrected chi connectivity index (χ0v) is 21.9. The molecule has 1 aromatic heterocycles. The van der Waals surface area contributed by atoms with Crippen LogP contribution in [0.2, 0.25) is 0 Å². The minimum absolute atomic E-state index is 0.860. The average molecular weight is 514 g/mol. The zero-order valence-electron chi connectivity index (χ0n) is 21.9. The summed E-state index contributed by atoms with van der Waals surface area (Å²) in [6, 6.07) is 57.4. The van der Waals surface area contributed by atoms with Gasteiger partial charge in [0.15, 0.2) is 0 Å². The van der Waals surface area contributed by atoms with Crippen molar-refractivity contribution in [3.05, 3.63) is 164 Å². The second-order valence-corrected chi connectivity index (χ2v) is 9.87. The first-order valence-corrected chi connectivity index (χ1v) is 13.5. The molecule has 0 aliphatic carbocycles. The Morgan fingerprint density at radius 2 is 0.800 bits per heavy atom. The lowest BCUT2D eigenvalue weighted by molar-refractivity contribution is 0.631. The first-order chi connectivity index (χ1) is 19.8. The highest BCUT2D eigenvalue weighted by atomic mass is 16.3. The van der Waals surface area contributed by atoms with Gasteiger partial charge >= 0.3 is 0 Å². The Hall–Kier alpha value is -5.34. The first-order valence-electron chi connectivity index (χ1n) is 13.5. The summed E-state index contributed by atoms with van der Waals surface area (Å²) in [5.41, 5.74) is 9.92. The molecule has 40 heavy (non-hydrogen) atoms. The molecular weight excluding hydrogens is 486 g/mol. The summed E-state index contributed by atoms with van der Waals surface area (Å²) >= 11 is 0. The molecule has 0 saturated heterocycles. The van der Waals surface area contributed by atoms with E-state index < -0.39 is 0 Å². The second kappa shape index (κ2) is 10.4. The minimum Gasteiger partial charge on any atom is -0.456 e. The lowest BCUT2D eigenvalue weighted by Gasteiger charge is -2.27. The smallest absolute Gasteiger partial charge is 0.135 e. The van der Waals surface area contributed by atoms with Crippen LogP contribution in [-0.2, 0) is 0 Å². The lowest BCUT2D eigenvalue weighted by Crippen LogP contribution is -2.10. The SMILES string of the molecule is c1ccc(-c2cccc(N(c3cccc(-c4ccccc4)c3)c3cccc(-c4cc5ccccc5o4)c3)c2)cc1. The van der Waals surface area contributed by atoms with Crippen molar-refractivity contribution in [2.45, 2.75) is 0 Å². The van der Waals surface area contributed by atoms with Gasteiger partial charge in [0.25, 0.3) is 0 Å². The average Bonchev–Trinajstić information content (AvgIpc) is 3.47. The second-order valence-electron chi connectivity index (χ2n) is 9.87. The number of fused-ring (bicyclic) bond motifs is 1. The first kappa shape index (κ1) is 23.8. The van der Waals surface area contributed by atoms with Crippen LogP contribution in [-0.4, -0.2) is 0 Å². The van der Waals surface area contributed by atoms with Gasteiger partial charge in [0, 0.05) is 28.0 Å². The number of anilines is 3. The van der Waals surface area contributed by atoms with Crippen LogP contribution in [0.1, 0.15) is 0 Å². The van der Waals surface area contributed by atoms with Crippen molar-refractivity contribution in [1.29, 1.82) is 0 Å². The van der Waals surface area contributed by atoms with Crippen LogP contribution in [0.15, 0.2) is 168 Å². The zero-order chi connectivity index (χ0) is 26.7. The van der Waals surface area contributed by atoms with E-state index in [2.05, 4.69) is 150 Å². The molecule has 0 amide bonds. The Labute approximate surface area is 234 Å². The number of nitrogens with zero attached hydrogens (tertiary/aromatic N) is 1. The molecule has 0 atom stereocenters. The highest BCUT2D eigenvalue weighted by Gasteiger charge is 2.16. The summed E-state index contributed by atoms with van der Waals surface area (Å²) in [5.74, 6) is 0.860. The summed E-state index contributed by atoms with van der Waals surface area (Å²) in [5, 5.41) is 1.10. The van der Waals surface area contributed by atoms with Gasteiger partial charge in [0.1, 0.15) is 11.3 Å². The van der Waals surface area contributed by atoms with Gasteiger partial charge in [-0.1, -0.05) is 115 Å². The lowest BCUT2D eigenvalue weighted by atomic mass is 10.0. The van der Waals surface area contributed by atoms with E-state index in [-0.39, 0.29) is 0 Å². The van der Waals surface area contributed by atoms with Gasteiger partial charge < -0.3 is 9.32 Å². The Kier molecular flexibility index (Phi) is 6.20. The molecule has 0 radical (unpaired) electrons. The van der Waals surface area contributed by atoms with Crippen molar-refractivity contribution in [3.8, 4) is 33.6 Å². The van der Waals surface area contributed by atoms with Crippen LogP contribution in [0.4, 0.5) is 17.1 Å². The molecule has 0 aliphatic heterocycles. The van der Waals surface area contributed by atoms with Crippen molar-refractivity contribution in [2.75, 3.05) is 4.90 Å². The van der Waals surface area contributed by atoms with Gasteiger partial charge in [-0.3, -0.25) is 0 Å². The summed E-state index contributed by atoms with van der Waals surface area (Å²) in [7, 11) is 0. The number of hydrogen-bond donors (Lipinski definition) is 0. The summed E-state index contributed by atoms with van der Waals surface area (Å²) < 4.78 is 6.24. The Balaban J connectivity index is 1.38. The molecule has 0 unspecified atom stereocenters. The van der Waals surface area contributed by atoms with E-state index in [1.54, 1.807) is 0 Å². The fraction of sp³-hybridized carbons (Fsp3) is 0. The maximum absolute atomic E-state index is 6.24. The monoisotopic (exact) mass is 513 g/mol. The van der Waals surface area contributed by atoms with Gasteiger partial charge in [-0.05, 0) is 70.8 Å². The van der Waals surface area contributed by atoms with Gasteiger partial charge in [0.05, 0.1) is 0 Å². The fourth-order valence-corrected chi connectivity index (χ4v) is 5.28. The van der Waals surface area contributed by atoms with E-state index >= 15 is 0 Å². The summed E-state index contributed by atoms with van der Waals surface area (Å²) in [6.07, 6.45) is 0. The van der Waals surface area contributed by atoms with Gasteiger partial charge in [-0.2, -0.15) is 0 Å². The molecule has 2 heteroatoms. The van der Waals surface area contributed by atoms with Crippen LogP contribution in [0.3, 0.4) is 0 Å². The Morgan fingerprint density at radius 3 is 1.35 bits per heavy atom. The summed E-state index contributed by atoms with van der Waals surface area (Å²) in [6.45, 7) is 0. The Bertz CT molecular complexity index is 1790. The maximum Gasteiger partial charge on any atom is 0.135 e. The molecule has 7 rings (SSSR count). The molecule has 0 spiro atoms. The van der Waals surface area contributed by atoms with Gasteiger partial charge in [0.2, 0.25) is 0 Å². The van der Waals surface area contributed by atoms with E-state index in [4.69, 9.17) is 4.42 Å². The molecule has 0 fully saturated rings. The van der Waals surface area contributed by atoms with Crippen molar-refractivity contribution >= 4 is 28.0 Å². The topological polar surface area (TPSA) is 16.4 Å². The van der Waals surface area contributed by atoms with Crippen molar-refractivity contribution in [3.63, 3.8) is 0 Å². The van der Waals surface area contributed by atoms with E-state index in [1.807, 2.05) is 18.2 Å². The number of rotatable bonds is 6. The molecule has 1 heterocycles. The highest BCUT2D eigenvalue weighted by Crippen LogP contribution is 2.40. The van der Waals surface area contributed by atoms with Crippen LogP contribution in [0, 0.1) is 0 Å². The number of para-hydroxylation sites is 1. The van der Waals surface area contributed by atoms with Gasteiger partial charge in [-0.15, -0.1) is 0 Å². The molecule has 7 aromatic rings. The Morgan fingerprint density at radius 1 is 0.350 bits per heavy atom. The summed E-state index contributed by atoms with van der Waals surface area (Å²) in [4.78, 5) is 2.32. The molecule has 0 aliphatic rings. The van der Waals surface area contributed by atoms with Crippen molar-refractivity contribution < 1.29 is 4.42 Å². The molecule has 2 nitrogen and oxygen atoms in total. The maximum atomic E-state index is 6.24. The molecule has 6 aromatic carbocycles. The number of benzene rings is 6. The largest absolute Gasteiger partial charge is 0.456 e. The molecular formula is C38H27NO. The number of hydrogen-bond acceptors (Lipinski definition) is 2. The molecule has 0 saturated carbocycles. The third-order valence-electron chi connectivity index (χ3n) is 7.24. The van der Waals surface area contributed by atoms with E-state index in [9.17, 15) is 0 Å². The van der Waals surface area contributed by atoms with Crippen LogP contribution < -0.4 is 4.90 Å². The third-order valence-corrected chi connectivity index (χ3v) is 7.24.